The number of hydrogen-bond donors (Lipinski definition) is 15. The Morgan fingerprint density at radius 2 is 0.680 bits per heavy atom. The average Bonchev–Trinajstić information content (AvgIpc) is 0.999. The van der Waals surface area contributed by atoms with E-state index in [1.807, 2.05) is 27.7 Å². The quantitative estimate of drug-likeness (QED) is 0.0293. The molecule has 1 aromatic rings. The Morgan fingerprint density at radius 3 is 0.948 bits per heavy atom. The molecule has 0 spiro atoms. The van der Waals surface area contributed by atoms with Crippen LogP contribution in [0, 0.1) is 42.4 Å². The molecule has 6 aliphatic rings. The molecule has 26 nitrogen and oxygen atoms in total. The fourth-order valence-corrected chi connectivity index (χ4v) is 15.7. The number of H-pyrrole nitrogens is 1. The maximum atomic E-state index is 13.0. The van der Waals surface area contributed by atoms with Crippen LogP contribution in [-0.2, 0) is 9.47 Å². The van der Waals surface area contributed by atoms with Gasteiger partial charge in [0.25, 0.3) is 5.56 Å². The van der Waals surface area contributed by atoms with Crippen molar-refractivity contribution in [2.75, 3.05) is 51.8 Å². The molecule has 6 saturated carbocycles. The summed E-state index contributed by atoms with van der Waals surface area (Å²) in [6.45, 7) is 21.2. The summed E-state index contributed by atoms with van der Waals surface area (Å²) in [4.78, 5) is 97.7. The first kappa shape index (κ1) is 78.6. The number of anilines is 1. The molecule has 552 valence electrons. The van der Waals surface area contributed by atoms with Gasteiger partial charge in [0.05, 0.1) is 70.6 Å². The molecular formula is C71H129N17O9. The first-order valence-electron chi connectivity index (χ1n) is 37.8. The number of carbonyl (C=O) groups is 6. The van der Waals surface area contributed by atoms with Crippen LogP contribution in [-0.4, -0.2) is 170 Å². The van der Waals surface area contributed by atoms with E-state index in [9.17, 15) is 33.6 Å². The number of urea groups is 6. The Morgan fingerprint density at radius 1 is 0.412 bits per heavy atom. The van der Waals surface area contributed by atoms with E-state index < -0.39 is 0 Å². The molecule has 12 amide bonds. The second kappa shape index (κ2) is 41.8. The van der Waals surface area contributed by atoms with E-state index in [0.29, 0.717) is 99.7 Å². The normalized spacial score (nSPS) is 27.4. The number of nitrogens with zero attached hydrogens (tertiary/aromatic N) is 2. The van der Waals surface area contributed by atoms with Gasteiger partial charge < -0.3 is 78.6 Å². The molecule has 4 unspecified atom stereocenters. The largest absolute Gasteiger partial charge is 0.377 e. The summed E-state index contributed by atoms with van der Waals surface area (Å²) in [7, 11) is 0. The smallest absolute Gasteiger partial charge is 0.321 e. The lowest BCUT2D eigenvalue weighted by Crippen LogP contribution is -2.51. The number of aromatic amines is 1. The van der Waals surface area contributed by atoms with E-state index >= 15 is 0 Å². The number of aromatic nitrogens is 2. The molecule has 0 aliphatic heterocycles. The zero-order chi connectivity index (χ0) is 69.6. The maximum absolute atomic E-state index is 13.0. The Bertz CT molecular complexity index is 2540. The van der Waals surface area contributed by atoms with Crippen LogP contribution in [0.1, 0.15) is 234 Å². The van der Waals surface area contributed by atoms with Crippen LogP contribution in [0.4, 0.5) is 34.7 Å². The summed E-state index contributed by atoms with van der Waals surface area (Å²) in [5.41, 5.74) is 0.241. The van der Waals surface area contributed by atoms with E-state index in [1.165, 1.54) is 25.3 Å². The summed E-state index contributed by atoms with van der Waals surface area (Å²) in [5.74, 6) is 4.11. The predicted octanol–water partition coefficient (Wildman–Crippen LogP) is 8.98. The highest BCUT2D eigenvalue weighted by molar-refractivity contribution is 5.87. The minimum atomic E-state index is -0.352. The van der Waals surface area contributed by atoms with Gasteiger partial charge in [0.2, 0.25) is 5.95 Å². The van der Waals surface area contributed by atoms with Gasteiger partial charge in [0, 0.05) is 60.1 Å². The number of amides is 12. The lowest BCUT2D eigenvalue weighted by atomic mass is 9.75. The van der Waals surface area contributed by atoms with Gasteiger partial charge in [-0.1, -0.05) is 0 Å². The van der Waals surface area contributed by atoms with Crippen molar-refractivity contribution in [2.24, 2.45) is 35.5 Å². The third-order valence-corrected chi connectivity index (χ3v) is 21.1. The third-order valence-electron chi connectivity index (χ3n) is 21.1. The summed E-state index contributed by atoms with van der Waals surface area (Å²) in [6.07, 6.45) is 28.5. The van der Waals surface area contributed by atoms with Crippen molar-refractivity contribution in [1.82, 2.24) is 84.0 Å². The molecular weight excluding hydrogens is 1230 g/mol. The van der Waals surface area contributed by atoms with Crippen LogP contribution in [0.3, 0.4) is 0 Å². The first-order chi connectivity index (χ1) is 46.5. The molecule has 0 saturated heterocycles. The van der Waals surface area contributed by atoms with Crippen LogP contribution in [0.2, 0.25) is 0 Å². The highest BCUT2D eigenvalue weighted by Crippen LogP contribution is 2.38. The molecule has 7 rings (SSSR count). The number of carbonyl (C=O) groups excluding carboxylic acids is 6. The van der Waals surface area contributed by atoms with E-state index in [4.69, 9.17) is 9.47 Å². The molecule has 26 heteroatoms. The van der Waals surface area contributed by atoms with Gasteiger partial charge in [0.1, 0.15) is 0 Å². The second-order valence-electron chi connectivity index (χ2n) is 31.0. The van der Waals surface area contributed by atoms with Crippen molar-refractivity contribution in [2.45, 2.75) is 308 Å². The average molecular weight is 1360 g/mol. The van der Waals surface area contributed by atoms with Crippen LogP contribution in [0.5, 0.6) is 0 Å². The van der Waals surface area contributed by atoms with Crippen molar-refractivity contribution < 1.29 is 38.2 Å². The maximum Gasteiger partial charge on any atom is 0.321 e. The zero-order valence-electron chi connectivity index (χ0n) is 60.6. The lowest BCUT2D eigenvalue weighted by Gasteiger charge is -2.34. The molecule has 1 aromatic heterocycles. The fourth-order valence-electron chi connectivity index (χ4n) is 15.7. The molecule has 0 aromatic carbocycles. The van der Waals surface area contributed by atoms with Gasteiger partial charge >= 0.3 is 36.2 Å². The van der Waals surface area contributed by atoms with E-state index in [-0.39, 0.29) is 108 Å². The van der Waals surface area contributed by atoms with Crippen molar-refractivity contribution >= 4 is 42.1 Å². The Hall–Kier alpha value is -5.70. The summed E-state index contributed by atoms with van der Waals surface area (Å²) in [5, 5.41) is 43.7. The summed E-state index contributed by atoms with van der Waals surface area (Å²) >= 11 is 0. The zero-order valence-corrected chi connectivity index (χ0v) is 60.6. The Kier molecular flexibility index (Phi) is 33.9. The molecule has 4 atom stereocenters. The van der Waals surface area contributed by atoms with Crippen molar-refractivity contribution in [3.05, 3.63) is 22.1 Å². The number of nitrogens with one attached hydrogen (secondary N) is 15. The van der Waals surface area contributed by atoms with E-state index in [1.54, 1.807) is 6.92 Å². The van der Waals surface area contributed by atoms with Gasteiger partial charge in [-0.3, -0.25) is 20.0 Å². The highest BCUT2D eigenvalue weighted by atomic mass is 16.5. The summed E-state index contributed by atoms with van der Waals surface area (Å²) < 4.78 is 11.8. The lowest BCUT2D eigenvalue weighted by molar-refractivity contribution is 0.101. The van der Waals surface area contributed by atoms with Crippen molar-refractivity contribution in [3.63, 3.8) is 0 Å². The van der Waals surface area contributed by atoms with Gasteiger partial charge in [0.15, 0.2) is 0 Å². The molecule has 6 aliphatic carbocycles. The van der Waals surface area contributed by atoms with E-state index in [2.05, 4.69) is 117 Å². The van der Waals surface area contributed by atoms with Gasteiger partial charge in [-0.15, -0.1) is 0 Å². The van der Waals surface area contributed by atoms with Crippen LogP contribution in [0.15, 0.2) is 10.9 Å². The molecule has 0 radical (unpaired) electrons. The van der Waals surface area contributed by atoms with Crippen LogP contribution in [0.25, 0.3) is 0 Å². The van der Waals surface area contributed by atoms with E-state index in [0.717, 1.165) is 154 Å². The predicted molar refractivity (Wildman–Crippen MR) is 381 cm³/mol. The molecule has 0 bridgehead atoms. The molecule has 6 fully saturated rings. The van der Waals surface area contributed by atoms with Crippen molar-refractivity contribution in [3.8, 4) is 0 Å². The monoisotopic (exact) mass is 1360 g/mol. The number of aryl methyl sites for hydroxylation is 1. The minimum Gasteiger partial charge on any atom is -0.377 e. The first-order valence-corrected chi connectivity index (χ1v) is 37.8. The van der Waals surface area contributed by atoms with Crippen LogP contribution < -0.4 is 80.0 Å². The molecule has 1 heterocycles. The minimum absolute atomic E-state index is 0.0944. The molecule has 15 N–H and O–H groups in total. The Labute approximate surface area is 579 Å². The fraction of sp³-hybridized carbons (Fsp3) is 0.859. The Balaban J connectivity index is 0.625. The summed E-state index contributed by atoms with van der Waals surface area (Å²) in [6, 6.07) is 1.18. The number of ether oxygens (including phenoxy) is 2. The van der Waals surface area contributed by atoms with Gasteiger partial charge in [-0.25, -0.2) is 33.8 Å². The topological polar surface area (TPSA) is 338 Å². The van der Waals surface area contributed by atoms with Gasteiger partial charge in [-0.05, 0) is 271 Å². The van der Waals surface area contributed by atoms with Crippen molar-refractivity contribution in [1.29, 1.82) is 0 Å². The SMILES string of the molecule is Cc1cc(=O)[nH]c(NC(=O)NC2CCC(CC3CCC(NC(=O)NC(C)COCC(C)NC(=O)NC4CCC(CC5CCC(NC(=O)NC(C)COCC(C)NC(=O)NC6CCC(CC7CCC(NC(=O)NCN(CNC(C)C)CNC(C)C)CC7)CC6)CC5)CC4)CC3)CC2)n1. The third kappa shape index (κ3) is 31.6. The number of rotatable bonds is 33. The highest BCUT2D eigenvalue weighted by Gasteiger charge is 2.33. The molecule has 97 heavy (non-hydrogen) atoms. The number of hydrogen-bond acceptors (Lipinski definition) is 13. The second-order valence-corrected chi connectivity index (χ2v) is 31.0. The van der Waals surface area contributed by atoms with Crippen LogP contribution >= 0.6 is 0 Å². The standard InChI is InChI=1S/C71H129N17O9/c1-45(2)72-42-88(43-73-46(3)4)44-74-66(90)80-58-22-10-52(11-23-58)35-53-12-24-59(25-13-53)81-67(91)76-48(6)38-96-39-49(7)77-68(92)82-60-26-14-54(15-27-60)36-55-16-28-61(29-17-55)83-69(93)78-50(8)40-97-41-51(9)79-70(94)84-62-30-18-56(19-31-62)37-57-20-32-63(33-21-57)85-71(95)87-65-75-47(5)34-64(89)86-65/h34,45-46,48-63,72-73H,10-33,35-44H2,1-9H3,(H2,74,80,90)(H2,76,81,91)(H2,77,82,92)(H2,78,83,93)(H2,79,84,94)(H3,75,85,86,87,89,95). The van der Waals surface area contributed by atoms with Gasteiger partial charge in [-0.2, -0.15) is 0 Å².